The molecule has 2 fully saturated rings. The van der Waals surface area contributed by atoms with Crippen molar-refractivity contribution in [3.05, 3.63) is 35.9 Å². The number of morpholine rings is 1. The molecule has 2 aliphatic heterocycles. The lowest BCUT2D eigenvalue weighted by Gasteiger charge is -2.46. The maximum absolute atomic E-state index is 12.6. The second-order valence-corrected chi connectivity index (χ2v) is 8.79. The zero-order valence-corrected chi connectivity index (χ0v) is 17.8. The Morgan fingerprint density at radius 1 is 1.24 bits per heavy atom. The molecule has 2 aliphatic rings. The first-order chi connectivity index (χ1) is 13.7. The van der Waals surface area contributed by atoms with E-state index in [2.05, 4.69) is 17.0 Å². The van der Waals surface area contributed by atoms with Gasteiger partial charge in [0, 0.05) is 26.2 Å². The summed E-state index contributed by atoms with van der Waals surface area (Å²) >= 11 is 0. The molecule has 1 aromatic carbocycles. The average Bonchev–Trinajstić information content (AvgIpc) is 3.08. The number of ether oxygens (including phenoxy) is 3. The molecule has 0 aromatic heterocycles. The summed E-state index contributed by atoms with van der Waals surface area (Å²) in [5.74, 6) is -0.331. The molecule has 7 heteroatoms. The van der Waals surface area contributed by atoms with Crippen molar-refractivity contribution in [1.82, 2.24) is 9.80 Å². The standard InChI is InChI=1S/C22H32N2O5/c1-5-27-19(25)18-14-24(13-17-9-7-6-8-10-17)22(16-28-18)11-12-23(15-22)20(26)29-21(2,3)4/h6-10,18H,5,11-16H2,1-4H3. The molecule has 0 N–H and O–H groups in total. The lowest BCUT2D eigenvalue weighted by molar-refractivity contribution is -0.173. The molecule has 2 atom stereocenters. The summed E-state index contributed by atoms with van der Waals surface area (Å²) in [7, 11) is 0. The molecule has 0 bridgehead atoms. The smallest absolute Gasteiger partial charge is 0.410 e. The first-order valence-electron chi connectivity index (χ1n) is 10.3. The number of hydrogen-bond acceptors (Lipinski definition) is 6. The molecular weight excluding hydrogens is 372 g/mol. The number of carbonyl (C=O) groups excluding carboxylic acids is 2. The molecule has 0 aliphatic carbocycles. The number of nitrogens with zero attached hydrogens (tertiary/aromatic N) is 2. The zero-order chi connectivity index (χ0) is 21.1. The van der Waals surface area contributed by atoms with Crippen LogP contribution >= 0.6 is 0 Å². The summed E-state index contributed by atoms with van der Waals surface area (Å²) in [4.78, 5) is 28.9. The van der Waals surface area contributed by atoms with Crippen molar-refractivity contribution in [2.75, 3.05) is 32.8 Å². The highest BCUT2D eigenvalue weighted by molar-refractivity contribution is 5.75. The third kappa shape index (κ3) is 5.28. The molecule has 2 saturated heterocycles. The molecular formula is C22H32N2O5. The van der Waals surface area contributed by atoms with E-state index in [1.807, 2.05) is 39.0 Å². The third-order valence-corrected chi connectivity index (χ3v) is 5.36. The fourth-order valence-electron chi connectivity index (χ4n) is 3.92. The predicted molar refractivity (Wildman–Crippen MR) is 108 cm³/mol. The summed E-state index contributed by atoms with van der Waals surface area (Å²) in [6.45, 7) is 10.3. The molecule has 160 valence electrons. The van der Waals surface area contributed by atoms with Gasteiger partial charge >= 0.3 is 12.1 Å². The van der Waals surface area contributed by atoms with Crippen LogP contribution in [0.3, 0.4) is 0 Å². The maximum atomic E-state index is 12.6. The number of benzene rings is 1. The zero-order valence-electron chi connectivity index (χ0n) is 17.8. The molecule has 0 radical (unpaired) electrons. The van der Waals surface area contributed by atoms with Gasteiger partial charge < -0.3 is 19.1 Å². The first-order valence-corrected chi connectivity index (χ1v) is 10.3. The summed E-state index contributed by atoms with van der Waals surface area (Å²) in [5.41, 5.74) is 0.289. The number of rotatable bonds is 4. The van der Waals surface area contributed by atoms with Crippen LogP contribution in [0.4, 0.5) is 4.79 Å². The Bertz CT molecular complexity index is 718. The average molecular weight is 405 g/mol. The van der Waals surface area contributed by atoms with Crippen molar-refractivity contribution < 1.29 is 23.8 Å². The van der Waals surface area contributed by atoms with Gasteiger partial charge in [-0.05, 0) is 39.7 Å². The molecule has 1 aromatic rings. The van der Waals surface area contributed by atoms with Gasteiger partial charge in [0.1, 0.15) is 5.60 Å². The van der Waals surface area contributed by atoms with Crippen LogP contribution in [0.1, 0.15) is 39.7 Å². The van der Waals surface area contributed by atoms with Crippen molar-refractivity contribution in [3.8, 4) is 0 Å². The van der Waals surface area contributed by atoms with E-state index >= 15 is 0 Å². The number of carbonyl (C=O) groups is 2. The van der Waals surface area contributed by atoms with Gasteiger partial charge in [-0.3, -0.25) is 4.90 Å². The Morgan fingerprint density at radius 3 is 2.62 bits per heavy atom. The SMILES string of the molecule is CCOC(=O)C1CN(Cc2ccccc2)C2(CCN(C(=O)OC(C)(C)C)C2)CO1. The first kappa shape index (κ1) is 21.6. The van der Waals surface area contributed by atoms with E-state index < -0.39 is 11.7 Å². The number of likely N-dealkylation sites (tertiary alicyclic amines) is 1. The second kappa shape index (κ2) is 8.71. The fraction of sp³-hybridized carbons (Fsp3) is 0.636. The normalized spacial score (nSPS) is 25.2. The van der Waals surface area contributed by atoms with E-state index in [0.717, 1.165) is 12.0 Å². The Balaban J connectivity index is 1.76. The van der Waals surface area contributed by atoms with Crippen LogP contribution in [0.2, 0.25) is 0 Å². The summed E-state index contributed by atoms with van der Waals surface area (Å²) in [6, 6.07) is 10.1. The number of esters is 1. The molecule has 2 unspecified atom stereocenters. The van der Waals surface area contributed by atoms with Crippen molar-refractivity contribution >= 4 is 12.1 Å². The van der Waals surface area contributed by atoms with Gasteiger partial charge in [0.25, 0.3) is 0 Å². The largest absolute Gasteiger partial charge is 0.464 e. The van der Waals surface area contributed by atoms with E-state index in [0.29, 0.717) is 39.4 Å². The maximum Gasteiger partial charge on any atom is 0.410 e. The molecule has 7 nitrogen and oxygen atoms in total. The van der Waals surface area contributed by atoms with Crippen LogP contribution in [0.15, 0.2) is 30.3 Å². The highest BCUT2D eigenvalue weighted by Crippen LogP contribution is 2.34. The van der Waals surface area contributed by atoms with Gasteiger partial charge in [-0.25, -0.2) is 9.59 Å². The minimum atomic E-state index is -0.611. The molecule has 3 rings (SSSR count). The summed E-state index contributed by atoms with van der Waals surface area (Å²) in [5, 5.41) is 0. The highest BCUT2D eigenvalue weighted by Gasteiger charge is 2.50. The van der Waals surface area contributed by atoms with Crippen molar-refractivity contribution in [1.29, 1.82) is 0 Å². The number of amides is 1. The van der Waals surface area contributed by atoms with E-state index in [4.69, 9.17) is 14.2 Å². The van der Waals surface area contributed by atoms with Gasteiger partial charge in [-0.15, -0.1) is 0 Å². The second-order valence-electron chi connectivity index (χ2n) is 8.79. The Kier molecular flexibility index (Phi) is 6.49. The summed E-state index contributed by atoms with van der Waals surface area (Å²) in [6.07, 6.45) is -0.143. The lowest BCUT2D eigenvalue weighted by Crippen LogP contribution is -2.62. The van der Waals surface area contributed by atoms with Gasteiger partial charge in [-0.2, -0.15) is 0 Å². The van der Waals surface area contributed by atoms with Crippen LogP contribution in [0.25, 0.3) is 0 Å². The van der Waals surface area contributed by atoms with Gasteiger partial charge in [0.15, 0.2) is 6.10 Å². The van der Waals surface area contributed by atoms with Crippen molar-refractivity contribution in [3.63, 3.8) is 0 Å². The predicted octanol–water partition coefficient (Wildman–Crippen LogP) is 2.83. The Hall–Kier alpha value is -2.12. The van der Waals surface area contributed by atoms with Crippen LogP contribution in [-0.2, 0) is 25.5 Å². The van der Waals surface area contributed by atoms with Crippen molar-refractivity contribution in [2.45, 2.75) is 57.9 Å². The monoisotopic (exact) mass is 404 g/mol. The lowest BCUT2D eigenvalue weighted by atomic mass is 9.93. The van der Waals surface area contributed by atoms with Gasteiger partial charge in [-0.1, -0.05) is 30.3 Å². The van der Waals surface area contributed by atoms with E-state index in [1.54, 1.807) is 11.8 Å². The Morgan fingerprint density at radius 2 is 1.97 bits per heavy atom. The van der Waals surface area contributed by atoms with Gasteiger partial charge in [0.05, 0.1) is 18.8 Å². The molecule has 1 spiro atoms. The molecule has 2 heterocycles. The van der Waals surface area contributed by atoms with E-state index in [9.17, 15) is 9.59 Å². The van der Waals surface area contributed by atoms with Gasteiger partial charge in [0.2, 0.25) is 0 Å². The Labute approximate surface area is 172 Å². The molecule has 29 heavy (non-hydrogen) atoms. The third-order valence-electron chi connectivity index (χ3n) is 5.36. The van der Waals surface area contributed by atoms with Crippen LogP contribution in [0, 0.1) is 0 Å². The van der Waals surface area contributed by atoms with Crippen LogP contribution in [0.5, 0.6) is 0 Å². The fourth-order valence-corrected chi connectivity index (χ4v) is 3.92. The molecule has 0 saturated carbocycles. The quantitative estimate of drug-likeness (QED) is 0.719. The minimum Gasteiger partial charge on any atom is -0.464 e. The van der Waals surface area contributed by atoms with Crippen molar-refractivity contribution in [2.24, 2.45) is 0 Å². The minimum absolute atomic E-state index is 0.304. The molecule has 1 amide bonds. The number of hydrogen-bond donors (Lipinski definition) is 0. The van der Waals surface area contributed by atoms with Crippen LogP contribution in [-0.4, -0.2) is 72.0 Å². The topological polar surface area (TPSA) is 68.3 Å². The summed E-state index contributed by atoms with van der Waals surface area (Å²) < 4.78 is 16.7. The highest BCUT2D eigenvalue weighted by atomic mass is 16.6. The van der Waals surface area contributed by atoms with E-state index in [1.165, 1.54) is 0 Å². The van der Waals surface area contributed by atoms with E-state index in [-0.39, 0.29) is 17.6 Å². The van der Waals surface area contributed by atoms with Crippen LogP contribution < -0.4 is 0 Å².